The highest BCUT2D eigenvalue weighted by atomic mass is 35.5. The third-order valence-corrected chi connectivity index (χ3v) is 6.51. The number of carbonyl (C=O) groups is 2. The maximum Gasteiger partial charge on any atom is 0.317 e. The molecule has 7 nitrogen and oxygen atoms in total. The summed E-state index contributed by atoms with van der Waals surface area (Å²) in [5, 5.41) is 3.82. The molecule has 2 aliphatic rings. The Bertz CT molecular complexity index is 930. The normalized spacial score (nSPS) is 18.6. The predicted molar refractivity (Wildman–Crippen MR) is 118 cm³/mol. The lowest BCUT2D eigenvalue weighted by molar-refractivity contribution is 0.0493. The molecule has 4 rings (SSSR count). The Morgan fingerprint density at radius 2 is 1.77 bits per heavy atom. The van der Waals surface area contributed by atoms with E-state index in [1.165, 1.54) is 0 Å². The number of nitrogens with one attached hydrogen (secondary N) is 1. The summed E-state index contributed by atoms with van der Waals surface area (Å²) in [4.78, 5) is 28.9. The molecule has 3 amide bonds. The molecule has 2 aliphatic heterocycles. The summed E-state index contributed by atoms with van der Waals surface area (Å²) in [6.45, 7) is 5.62. The summed E-state index contributed by atoms with van der Waals surface area (Å²) >= 11 is 6.23. The monoisotopic (exact) mass is 445 g/mol. The minimum absolute atomic E-state index is 0.103. The third kappa shape index (κ3) is 4.88. The Morgan fingerprint density at radius 1 is 1.06 bits per heavy atom. The van der Waals surface area contributed by atoms with Gasteiger partial charge in [-0.25, -0.2) is 4.79 Å². The van der Waals surface area contributed by atoms with Crippen molar-refractivity contribution in [3.8, 4) is 0 Å². The largest absolute Gasteiger partial charge is 0.456 e. The summed E-state index contributed by atoms with van der Waals surface area (Å²) in [5.41, 5.74) is 0.945. The van der Waals surface area contributed by atoms with Crippen LogP contribution in [0.15, 0.2) is 40.8 Å². The van der Waals surface area contributed by atoms with Gasteiger partial charge in [0, 0.05) is 56.4 Å². The SMILES string of the molecule is Cc1ccc(C(=O)N2CCN(C(=O)NCC3(c4cccc(Cl)c4)CCOCC3)CC2)o1. The molecule has 2 fully saturated rings. The van der Waals surface area contributed by atoms with Gasteiger partial charge in [0.15, 0.2) is 5.76 Å². The molecule has 0 aliphatic carbocycles. The van der Waals surface area contributed by atoms with Crippen LogP contribution in [0, 0.1) is 6.92 Å². The van der Waals surface area contributed by atoms with E-state index in [-0.39, 0.29) is 17.4 Å². The van der Waals surface area contributed by atoms with Crippen molar-refractivity contribution in [2.24, 2.45) is 0 Å². The molecule has 1 aromatic heterocycles. The Labute approximate surface area is 187 Å². The summed E-state index contributed by atoms with van der Waals surface area (Å²) < 4.78 is 11.0. The molecule has 3 heterocycles. The number of furan rings is 1. The van der Waals surface area contributed by atoms with Gasteiger partial charge in [0.1, 0.15) is 5.76 Å². The molecule has 0 saturated carbocycles. The van der Waals surface area contributed by atoms with Crippen LogP contribution in [0.25, 0.3) is 0 Å². The molecule has 1 N–H and O–H groups in total. The fraction of sp³-hybridized carbons (Fsp3) is 0.478. The average molecular weight is 446 g/mol. The van der Waals surface area contributed by atoms with Gasteiger partial charge < -0.3 is 24.3 Å². The average Bonchev–Trinajstić information content (AvgIpc) is 3.24. The molecule has 0 unspecified atom stereocenters. The van der Waals surface area contributed by atoms with E-state index in [1.807, 2.05) is 25.1 Å². The zero-order chi connectivity index (χ0) is 21.8. The minimum Gasteiger partial charge on any atom is -0.456 e. The van der Waals surface area contributed by atoms with Gasteiger partial charge in [-0.2, -0.15) is 0 Å². The topological polar surface area (TPSA) is 75.0 Å². The lowest BCUT2D eigenvalue weighted by Crippen LogP contribution is -2.55. The first-order chi connectivity index (χ1) is 15.0. The number of carbonyl (C=O) groups excluding carboxylic acids is 2. The van der Waals surface area contributed by atoms with Gasteiger partial charge in [-0.05, 0) is 49.6 Å². The standard InChI is InChI=1S/C23H28ClN3O4/c1-17-5-6-20(31-17)21(28)26-9-11-27(12-10-26)22(29)25-16-23(7-13-30-14-8-23)18-3-2-4-19(24)15-18/h2-6,15H,7-14,16H2,1H3,(H,25,29). The van der Waals surface area contributed by atoms with Gasteiger partial charge in [0.25, 0.3) is 5.91 Å². The highest BCUT2D eigenvalue weighted by Gasteiger charge is 2.36. The van der Waals surface area contributed by atoms with Crippen molar-refractivity contribution in [3.05, 3.63) is 58.5 Å². The van der Waals surface area contributed by atoms with E-state index in [0.717, 1.165) is 18.4 Å². The van der Waals surface area contributed by atoms with E-state index in [4.69, 9.17) is 20.8 Å². The first-order valence-corrected chi connectivity index (χ1v) is 11.1. The van der Waals surface area contributed by atoms with Crippen LogP contribution in [0.2, 0.25) is 5.02 Å². The predicted octanol–water partition coefficient (Wildman–Crippen LogP) is 3.46. The van der Waals surface area contributed by atoms with E-state index in [2.05, 4.69) is 11.4 Å². The number of halogens is 1. The smallest absolute Gasteiger partial charge is 0.317 e. The molecule has 1 aromatic carbocycles. The van der Waals surface area contributed by atoms with Crippen molar-refractivity contribution in [3.63, 3.8) is 0 Å². The minimum atomic E-state index is -0.187. The first kappa shape index (κ1) is 21.7. The number of hydrogen-bond donors (Lipinski definition) is 1. The first-order valence-electron chi connectivity index (χ1n) is 10.7. The zero-order valence-corrected chi connectivity index (χ0v) is 18.5. The second-order valence-electron chi connectivity index (χ2n) is 8.25. The van der Waals surface area contributed by atoms with Gasteiger partial charge in [0.05, 0.1) is 0 Å². The summed E-state index contributed by atoms with van der Waals surface area (Å²) in [6, 6.07) is 11.2. The van der Waals surface area contributed by atoms with Gasteiger partial charge in [-0.3, -0.25) is 4.79 Å². The summed E-state index contributed by atoms with van der Waals surface area (Å²) in [5.74, 6) is 0.928. The molecule has 8 heteroatoms. The maximum absolute atomic E-state index is 12.9. The number of rotatable bonds is 4. The van der Waals surface area contributed by atoms with Gasteiger partial charge >= 0.3 is 6.03 Å². The Hall–Kier alpha value is -2.51. The zero-order valence-electron chi connectivity index (χ0n) is 17.7. The molecule has 2 aromatic rings. The molecule has 31 heavy (non-hydrogen) atoms. The quantitative estimate of drug-likeness (QED) is 0.782. The van der Waals surface area contributed by atoms with E-state index in [0.29, 0.717) is 62.5 Å². The van der Waals surface area contributed by atoms with Crippen molar-refractivity contribution < 1.29 is 18.7 Å². The summed E-state index contributed by atoms with van der Waals surface area (Å²) in [7, 11) is 0. The van der Waals surface area contributed by atoms with E-state index >= 15 is 0 Å². The summed E-state index contributed by atoms with van der Waals surface area (Å²) in [6.07, 6.45) is 1.66. The highest BCUT2D eigenvalue weighted by molar-refractivity contribution is 6.30. The number of aryl methyl sites for hydroxylation is 1. The maximum atomic E-state index is 12.9. The Kier molecular flexibility index (Phi) is 6.53. The number of piperazine rings is 1. The fourth-order valence-corrected chi connectivity index (χ4v) is 4.51. The van der Waals surface area contributed by atoms with Crippen LogP contribution >= 0.6 is 11.6 Å². The van der Waals surface area contributed by atoms with Crippen molar-refractivity contribution in [2.75, 3.05) is 45.9 Å². The van der Waals surface area contributed by atoms with Crippen molar-refractivity contribution >= 4 is 23.5 Å². The molecule has 0 radical (unpaired) electrons. The lowest BCUT2D eigenvalue weighted by atomic mass is 9.74. The molecule has 2 saturated heterocycles. The van der Waals surface area contributed by atoms with E-state index in [9.17, 15) is 9.59 Å². The molecular formula is C23H28ClN3O4. The lowest BCUT2D eigenvalue weighted by Gasteiger charge is -2.39. The van der Waals surface area contributed by atoms with Gasteiger partial charge in [0.2, 0.25) is 0 Å². The molecule has 0 spiro atoms. The van der Waals surface area contributed by atoms with Crippen molar-refractivity contribution in [2.45, 2.75) is 25.2 Å². The van der Waals surface area contributed by atoms with Crippen LogP contribution in [0.3, 0.4) is 0 Å². The van der Waals surface area contributed by atoms with Crippen LogP contribution < -0.4 is 5.32 Å². The Morgan fingerprint density at radius 3 is 2.42 bits per heavy atom. The number of hydrogen-bond acceptors (Lipinski definition) is 4. The molecule has 0 atom stereocenters. The number of nitrogens with zero attached hydrogens (tertiary/aromatic N) is 2. The van der Waals surface area contributed by atoms with Crippen LogP contribution in [0.1, 0.15) is 34.7 Å². The third-order valence-electron chi connectivity index (χ3n) is 6.27. The van der Waals surface area contributed by atoms with Crippen LogP contribution in [-0.4, -0.2) is 67.7 Å². The number of amides is 3. The van der Waals surface area contributed by atoms with Crippen LogP contribution in [-0.2, 0) is 10.2 Å². The van der Waals surface area contributed by atoms with E-state index < -0.39 is 0 Å². The van der Waals surface area contributed by atoms with Crippen LogP contribution in [0.4, 0.5) is 4.79 Å². The molecule has 166 valence electrons. The number of ether oxygens (including phenoxy) is 1. The van der Waals surface area contributed by atoms with Gasteiger partial charge in [-0.1, -0.05) is 23.7 Å². The molecule has 0 bridgehead atoms. The fourth-order valence-electron chi connectivity index (χ4n) is 4.32. The van der Waals surface area contributed by atoms with E-state index in [1.54, 1.807) is 21.9 Å². The second kappa shape index (κ2) is 9.32. The van der Waals surface area contributed by atoms with Crippen molar-refractivity contribution in [1.29, 1.82) is 0 Å². The van der Waals surface area contributed by atoms with Crippen LogP contribution in [0.5, 0.6) is 0 Å². The number of urea groups is 1. The highest BCUT2D eigenvalue weighted by Crippen LogP contribution is 2.35. The second-order valence-corrected chi connectivity index (χ2v) is 8.69. The number of benzene rings is 1. The molecular weight excluding hydrogens is 418 g/mol. The van der Waals surface area contributed by atoms with Crippen molar-refractivity contribution in [1.82, 2.24) is 15.1 Å². The Balaban J connectivity index is 1.34. The van der Waals surface area contributed by atoms with Gasteiger partial charge in [-0.15, -0.1) is 0 Å².